The summed E-state index contributed by atoms with van der Waals surface area (Å²) in [4.78, 5) is 4.46. The fraction of sp³-hybridized carbons (Fsp3) is 0.706. The molecule has 0 radical (unpaired) electrons. The topological polar surface area (TPSA) is 107 Å². The molecule has 1 aromatic rings. The molecule has 0 amide bonds. The summed E-state index contributed by atoms with van der Waals surface area (Å²) >= 11 is 0. The first-order chi connectivity index (χ1) is 12.2. The molecule has 3 N–H and O–H groups in total. The summed E-state index contributed by atoms with van der Waals surface area (Å²) in [7, 11) is -3.10. The Labute approximate surface area is 178 Å². The molecule has 1 aliphatic rings. The predicted molar refractivity (Wildman–Crippen MR) is 117 cm³/mol. The number of nitrogens with one attached hydrogen (secondary N) is 2. The van der Waals surface area contributed by atoms with Crippen molar-refractivity contribution in [3.8, 4) is 0 Å². The number of piperidine rings is 1. The summed E-state index contributed by atoms with van der Waals surface area (Å²) in [6.45, 7) is 6.36. The third-order valence-electron chi connectivity index (χ3n) is 4.54. The van der Waals surface area contributed by atoms with E-state index in [2.05, 4.69) is 15.6 Å². The van der Waals surface area contributed by atoms with E-state index in [1.165, 1.54) is 16.8 Å². The molecular weight excluding hydrogens is 483 g/mol. The van der Waals surface area contributed by atoms with E-state index in [4.69, 9.17) is 4.42 Å². The molecular formula is C17H31IN4O4S. The van der Waals surface area contributed by atoms with Gasteiger partial charge in [-0.15, -0.1) is 24.0 Å². The first-order valence-corrected chi connectivity index (χ1v) is 10.8. The Hall–Kier alpha value is -0.850. The van der Waals surface area contributed by atoms with Gasteiger partial charge in [-0.2, -0.15) is 0 Å². The predicted octanol–water partition coefficient (Wildman–Crippen LogP) is 1.33. The number of rotatable bonds is 7. The molecule has 156 valence electrons. The standard InChI is InChI=1S/C17H30N4O4S.HI/c1-4-18-16(20-13-17(2,22)15-6-5-11-25-15)19-12-14-7-9-21(10-8-14)26(3,23)24;/h5-6,11,14,22H,4,7-10,12-13H2,1-3H3,(H2,18,19,20);1H. The highest BCUT2D eigenvalue weighted by molar-refractivity contribution is 14.0. The molecule has 1 unspecified atom stereocenters. The highest BCUT2D eigenvalue weighted by Gasteiger charge is 2.27. The molecule has 10 heteroatoms. The third-order valence-corrected chi connectivity index (χ3v) is 5.85. The van der Waals surface area contributed by atoms with Crippen molar-refractivity contribution in [2.45, 2.75) is 32.3 Å². The number of halogens is 1. The van der Waals surface area contributed by atoms with Gasteiger partial charge in [0.25, 0.3) is 0 Å². The lowest BCUT2D eigenvalue weighted by Crippen LogP contribution is -2.44. The number of aliphatic hydroxyl groups is 1. The number of nitrogens with zero attached hydrogens (tertiary/aromatic N) is 2. The summed E-state index contributed by atoms with van der Waals surface area (Å²) < 4.78 is 29.9. The Kier molecular flexibility index (Phi) is 9.52. The van der Waals surface area contributed by atoms with Gasteiger partial charge >= 0.3 is 0 Å². The smallest absolute Gasteiger partial charge is 0.211 e. The normalized spacial score (nSPS) is 19.2. The lowest BCUT2D eigenvalue weighted by atomic mass is 9.98. The summed E-state index contributed by atoms with van der Waals surface area (Å²) in [6, 6.07) is 3.46. The first-order valence-electron chi connectivity index (χ1n) is 8.96. The Balaban J connectivity index is 0.00000364. The summed E-state index contributed by atoms with van der Waals surface area (Å²) in [5, 5.41) is 17.0. The second-order valence-electron chi connectivity index (χ2n) is 6.93. The van der Waals surface area contributed by atoms with Crippen molar-refractivity contribution in [2.24, 2.45) is 10.9 Å². The Bertz CT molecular complexity index is 684. The molecule has 1 aliphatic heterocycles. The molecule has 2 heterocycles. The number of hydrogen-bond acceptors (Lipinski definition) is 5. The van der Waals surface area contributed by atoms with Gasteiger partial charge in [0.1, 0.15) is 11.4 Å². The van der Waals surface area contributed by atoms with Gasteiger partial charge in [0.15, 0.2) is 5.96 Å². The van der Waals surface area contributed by atoms with Crippen molar-refractivity contribution in [1.82, 2.24) is 14.9 Å². The minimum Gasteiger partial charge on any atom is -0.466 e. The van der Waals surface area contributed by atoms with Crippen LogP contribution in [0.15, 0.2) is 27.8 Å². The molecule has 1 fully saturated rings. The van der Waals surface area contributed by atoms with Crippen molar-refractivity contribution in [3.05, 3.63) is 24.2 Å². The maximum atomic E-state index is 11.6. The Morgan fingerprint density at radius 3 is 2.59 bits per heavy atom. The van der Waals surface area contributed by atoms with Gasteiger partial charge in [-0.05, 0) is 44.7 Å². The lowest BCUT2D eigenvalue weighted by molar-refractivity contribution is 0.0437. The second kappa shape index (κ2) is 10.6. The van der Waals surface area contributed by atoms with Gasteiger partial charge in [0.05, 0.1) is 19.1 Å². The van der Waals surface area contributed by atoms with Gasteiger partial charge in [-0.1, -0.05) is 0 Å². The average molecular weight is 514 g/mol. The van der Waals surface area contributed by atoms with Crippen molar-refractivity contribution in [2.75, 3.05) is 39.0 Å². The Morgan fingerprint density at radius 1 is 1.41 bits per heavy atom. The molecule has 27 heavy (non-hydrogen) atoms. The van der Waals surface area contributed by atoms with E-state index in [1.807, 2.05) is 6.92 Å². The first kappa shape index (κ1) is 24.2. The SMILES string of the molecule is CCNC(=NCC(C)(O)c1ccco1)NCC1CCN(S(C)(=O)=O)CC1.I. The quantitative estimate of drug-likeness (QED) is 0.288. The third kappa shape index (κ3) is 7.59. The molecule has 2 rings (SSSR count). The minimum atomic E-state index is -3.10. The van der Waals surface area contributed by atoms with Crippen LogP contribution in [-0.2, 0) is 15.6 Å². The van der Waals surface area contributed by atoms with Crippen LogP contribution in [0.1, 0.15) is 32.4 Å². The van der Waals surface area contributed by atoms with Crippen LogP contribution in [0, 0.1) is 5.92 Å². The highest BCUT2D eigenvalue weighted by Crippen LogP contribution is 2.21. The maximum Gasteiger partial charge on any atom is 0.211 e. The van der Waals surface area contributed by atoms with Crippen LogP contribution in [0.2, 0.25) is 0 Å². The van der Waals surface area contributed by atoms with Crippen molar-refractivity contribution >= 4 is 40.0 Å². The van der Waals surface area contributed by atoms with Crippen LogP contribution < -0.4 is 10.6 Å². The molecule has 0 spiro atoms. The van der Waals surface area contributed by atoms with E-state index < -0.39 is 15.6 Å². The van der Waals surface area contributed by atoms with E-state index in [9.17, 15) is 13.5 Å². The largest absolute Gasteiger partial charge is 0.466 e. The Morgan fingerprint density at radius 2 is 2.07 bits per heavy atom. The van der Waals surface area contributed by atoms with Crippen LogP contribution in [0.3, 0.4) is 0 Å². The molecule has 1 atom stereocenters. The summed E-state index contributed by atoms with van der Waals surface area (Å²) in [5.41, 5.74) is -1.17. The van der Waals surface area contributed by atoms with Gasteiger partial charge in [-0.3, -0.25) is 0 Å². The highest BCUT2D eigenvalue weighted by atomic mass is 127. The van der Waals surface area contributed by atoms with E-state index in [0.717, 1.165) is 12.8 Å². The molecule has 0 aliphatic carbocycles. The molecule has 8 nitrogen and oxygen atoms in total. The molecule has 1 saturated heterocycles. The van der Waals surface area contributed by atoms with Crippen LogP contribution in [0.5, 0.6) is 0 Å². The van der Waals surface area contributed by atoms with Gasteiger partial charge in [0.2, 0.25) is 10.0 Å². The summed E-state index contributed by atoms with van der Waals surface area (Å²) in [5.74, 6) is 1.50. The number of aliphatic imine (C=N–C) groups is 1. The fourth-order valence-corrected chi connectivity index (χ4v) is 3.80. The molecule has 0 bridgehead atoms. The van der Waals surface area contributed by atoms with Crippen molar-refractivity contribution < 1.29 is 17.9 Å². The number of hydrogen-bond donors (Lipinski definition) is 3. The lowest BCUT2D eigenvalue weighted by Gasteiger charge is -2.30. The zero-order chi connectivity index (χ0) is 19.2. The van der Waals surface area contributed by atoms with E-state index >= 15 is 0 Å². The molecule has 0 aromatic carbocycles. The van der Waals surface area contributed by atoms with Crippen LogP contribution >= 0.6 is 24.0 Å². The minimum absolute atomic E-state index is 0. The number of guanidine groups is 1. The fourth-order valence-electron chi connectivity index (χ4n) is 2.92. The van der Waals surface area contributed by atoms with Gasteiger partial charge < -0.3 is 20.2 Å². The van der Waals surface area contributed by atoms with Crippen molar-refractivity contribution in [3.63, 3.8) is 0 Å². The average Bonchev–Trinajstić information content (AvgIpc) is 3.12. The van der Waals surface area contributed by atoms with Gasteiger partial charge in [0, 0.05) is 26.2 Å². The van der Waals surface area contributed by atoms with E-state index in [-0.39, 0.29) is 30.5 Å². The van der Waals surface area contributed by atoms with E-state index in [0.29, 0.717) is 43.8 Å². The van der Waals surface area contributed by atoms with Crippen LogP contribution in [0.25, 0.3) is 0 Å². The zero-order valence-electron chi connectivity index (χ0n) is 16.1. The van der Waals surface area contributed by atoms with Crippen LogP contribution in [0.4, 0.5) is 0 Å². The maximum absolute atomic E-state index is 11.6. The molecule has 1 aromatic heterocycles. The van der Waals surface area contributed by atoms with E-state index in [1.54, 1.807) is 19.1 Å². The molecule has 0 saturated carbocycles. The van der Waals surface area contributed by atoms with Gasteiger partial charge in [-0.25, -0.2) is 17.7 Å². The zero-order valence-corrected chi connectivity index (χ0v) is 19.3. The monoisotopic (exact) mass is 514 g/mol. The number of sulfonamides is 1. The van der Waals surface area contributed by atoms with Crippen molar-refractivity contribution in [1.29, 1.82) is 0 Å². The second-order valence-corrected chi connectivity index (χ2v) is 8.92. The summed E-state index contributed by atoms with van der Waals surface area (Å²) in [6.07, 6.45) is 4.43. The van der Waals surface area contributed by atoms with Crippen LogP contribution in [-0.4, -0.2) is 62.8 Å². The number of furan rings is 1.